The maximum atomic E-state index is 3.39. The molecule has 3 rings (SSSR count). The molecule has 0 nitrogen and oxygen atoms in total. The highest BCUT2D eigenvalue weighted by molar-refractivity contribution is 7.77. The normalized spacial score (nSPS) is 13.1. The average Bonchev–Trinajstić information content (AvgIpc) is 2.97. The number of hydrogen-bond acceptors (Lipinski definition) is 0. The van der Waals surface area contributed by atoms with E-state index in [9.17, 15) is 0 Å². The minimum Gasteiger partial charge on any atom is -0.112 e. The Morgan fingerprint density at radius 1 is 0.750 bits per heavy atom. The monoisotopic (exact) mass is 276 g/mol. The number of aryl methyl sites for hydroxylation is 2. The van der Waals surface area contributed by atoms with Crippen LogP contribution in [0, 0.1) is 13.8 Å². The third-order valence-electron chi connectivity index (χ3n) is 3.41. The van der Waals surface area contributed by atoms with Gasteiger partial charge in [0, 0.05) is 5.31 Å². The average molecular weight is 276 g/mol. The van der Waals surface area contributed by atoms with Gasteiger partial charge in [-0.15, -0.1) is 5.73 Å². The summed E-state index contributed by atoms with van der Waals surface area (Å²) in [5, 5.41) is 4.07. The molecule has 0 fully saturated rings. The third kappa shape index (κ3) is 2.68. The number of hydrogen-bond donors (Lipinski definition) is 0. The Bertz CT molecular complexity index is 651. The molecule has 0 unspecified atom stereocenters. The van der Waals surface area contributed by atoms with E-state index in [4.69, 9.17) is 0 Å². The zero-order valence-corrected chi connectivity index (χ0v) is 12.7. The maximum Gasteiger partial charge on any atom is 0.0264 e. The summed E-state index contributed by atoms with van der Waals surface area (Å²) in [5.74, 6) is 0. The Labute approximate surface area is 121 Å². The van der Waals surface area contributed by atoms with E-state index in [0.29, 0.717) is 0 Å². The second kappa shape index (κ2) is 5.63. The highest BCUT2D eigenvalue weighted by atomic mass is 31.1. The SMILES string of the molecule is Cc1ccc(P(C2=C=CC=C2)c2ccc(C)cc2)cc1. The molecule has 0 amide bonds. The minimum atomic E-state index is -0.489. The van der Waals surface area contributed by atoms with Crippen molar-refractivity contribution in [2.24, 2.45) is 0 Å². The zero-order chi connectivity index (χ0) is 13.9. The predicted molar refractivity (Wildman–Crippen MR) is 89.3 cm³/mol. The quantitative estimate of drug-likeness (QED) is 0.577. The molecule has 0 saturated heterocycles. The topological polar surface area (TPSA) is 0 Å². The van der Waals surface area contributed by atoms with Crippen LogP contribution in [0.25, 0.3) is 0 Å². The molecule has 1 aliphatic rings. The van der Waals surface area contributed by atoms with Crippen LogP contribution in [0.5, 0.6) is 0 Å². The van der Waals surface area contributed by atoms with Crippen LogP contribution in [-0.2, 0) is 0 Å². The number of rotatable bonds is 3. The van der Waals surface area contributed by atoms with E-state index in [0.717, 1.165) is 0 Å². The lowest BCUT2D eigenvalue weighted by molar-refractivity contribution is 1.49. The van der Waals surface area contributed by atoms with Crippen LogP contribution >= 0.6 is 7.92 Å². The van der Waals surface area contributed by atoms with Gasteiger partial charge in [0.2, 0.25) is 0 Å². The van der Waals surface area contributed by atoms with Crippen LogP contribution in [0.3, 0.4) is 0 Å². The van der Waals surface area contributed by atoms with Gasteiger partial charge in [-0.25, -0.2) is 0 Å². The Balaban J connectivity index is 2.09. The fourth-order valence-electron chi connectivity index (χ4n) is 2.27. The maximum absolute atomic E-state index is 3.39. The molecule has 0 spiro atoms. The van der Waals surface area contributed by atoms with Gasteiger partial charge in [-0.2, -0.15) is 0 Å². The molecule has 0 saturated carbocycles. The first-order valence-electron chi connectivity index (χ1n) is 6.81. The van der Waals surface area contributed by atoms with E-state index >= 15 is 0 Å². The molecule has 2 aromatic carbocycles. The lowest BCUT2D eigenvalue weighted by Gasteiger charge is -2.18. The second-order valence-corrected chi connectivity index (χ2v) is 7.25. The van der Waals surface area contributed by atoms with Gasteiger partial charge in [0.15, 0.2) is 0 Å². The summed E-state index contributed by atoms with van der Waals surface area (Å²) in [6.45, 7) is 4.26. The van der Waals surface area contributed by atoms with Gasteiger partial charge >= 0.3 is 0 Å². The Morgan fingerprint density at radius 2 is 1.25 bits per heavy atom. The molecule has 0 N–H and O–H groups in total. The van der Waals surface area contributed by atoms with Gasteiger partial charge in [0.25, 0.3) is 0 Å². The fraction of sp³-hybridized carbons (Fsp3) is 0.105. The number of benzene rings is 2. The molecule has 0 bridgehead atoms. The van der Waals surface area contributed by atoms with Crippen LogP contribution in [0.2, 0.25) is 0 Å². The van der Waals surface area contributed by atoms with E-state index in [1.165, 1.54) is 27.1 Å². The highest BCUT2D eigenvalue weighted by Crippen LogP contribution is 2.44. The first-order chi connectivity index (χ1) is 9.74. The summed E-state index contributed by atoms with van der Waals surface area (Å²) in [6.07, 6.45) is 6.27. The van der Waals surface area contributed by atoms with Crippen LogP contribution in [0.1, 0.15) is 11.1 Å². The summed E-state index contributed by atoms with van der Waals surface area (Å²) in [4.78, 5) is 0. The van der Waals surface area contributed by atoms with Crippen LogP contribution in [0.4, 0.5) is 0 Å². The molecular formula is C19H17P. The molecule has 1 aliphatic carbocycles. The molecular weight excluding hydrogens is 259 g/mol. The van der Waals surface area contributed by atoms with Crippen molar-refractivity contribution in [2.75, 3.05) is 0 Å². The molecule has 98 valence electrons. The van der Waals surface area contributed by atoms with Crippen LogP contribution in [0.15, 0.2) is 77.8 Å². The van der Waals surface area contributed by atoms with Gasteiger partial charge in [-0.1, -0.05) is 65.7 Å². The summed E-state index contributed by atoms with van der Waals surface area (Å²) < 4.78 is 0. The van der Waals surface area contributed by atoms with E-state index in [1.54, 1.807) is 0 Å². The molecule has 1 heteroatoms. The van der Waals surface area contributed by atoms with Crippen LogP contribution in [-0.4, -0.2) is 0 Å². The lowest BCUT2D eigenvalue weighted by atomic mass is 10.2. The second-order valence-electron chi connectivity index (χ2n) is 5.06. The summed E-state index contributed by atoms with van der Waals surface area (Å²) in [5.41, 5.74) is 6.00. The van der Waals surface area contributed by atoms with Crippen molar-refractivity contribution >= 4 is 18.5 Å². The van der Waals surface area contributed by atoms with E-state index in [-0.39, 0.29) is 0 Å². The van der Waals surface area contributed by atoms with Crippen molar-refractivity contribution in [3.63, 3.8) is 0 Å². The van der Waals surface area contributed by atoms with Crippen molar-refractivity contribution in [1.82, 2.24) is 0 Å². The van der Waals surface area contributed by atoms with Gasteiger partial charge < -0.3 is 0 Å². The van der Waals surface area contributed by atoms with E-state index in [1.807, 2.05) is 6.08 Å². The van der Waals surface area contributed by atoms with Crippen molar-refractivity contribution in [1.29, 1.82) is 0 Å². The highest BCUT2D eigenvalue weighted by Gasteiger charge is 2.17. The van der Waals surface area contributed by atoms with Crippen molar-refractivity contribution < 1.29 is 0 Å². The first-order valence-corrected chi connectivity index (χ1v) is 8.15. The molecule has 0 aromatic heterocycles. The van der Waals surface area contributed by atoms with Gasteiger partial charge in [0.05, 0.1) is 0 Å². The largest absolute Gasteiger partial charge is 0.112 e. The molecule has 0 radical (unpaired) electrons. The predicted octanol–water partition coefficient (Wildman–Crippen LogP) is 4.34. The number of allylic oxidation sites excluding steroid dienone is 3. The summed E-state index contributed by atoms with van der Waals surface area (Å²) in [7, 11) is -0.489. The van der Waals surface area contributed by atoms with Crippen molar-refractivity contribution in [3.8, 4) is 0 Å². The van der Waals surface area contributed by atoms with Gasteiger partial charge in [-0.3, -0.25) is 0 Å². The molecule has 0 atom stereocenters. The van der Waals surface area contributed by atoms with Crippen molar-refractivity contribution in [3.05, 3.63) is 88.9 Å². The Hall–Kier alpha value is -1.87. The van der Waals surface area contributed by atoms with Gasteiger partial charge in [-0.05, 0) is 44.5 Å². The minimum absolute atomic E-state index is 0.489. The smallest absolute Gasteiger partial charge is 0.0264 e. The summed E-state index contributed by atoms with van der Waals surface area (Å²) in [6, 6.07) is 17.8. The standard InChI is InChI=1S/C19H17P/c1-15-7-11-18(12-8-15)20(17-5-3-4-6-17)19-13-9-16(2)10-14-19/h3-5,7-14H,1-2H3. The molecule has 0 heterocycles. The fourth-order valence-corrected chi connectivity index (χ4v) is 4.46. The van der Waals surface area contributed by atoms with Crippen molar-refractivity contribution in [2.45, 2.75) is 13.8 Å². The van der Waals surface area contributed by atoms with Gasteiger partial charge in [0.1, 0.15) is 0 Å². The summed E-state index contributed by atoms with van der Waals surface area (Å²) >= 11 is 0. The Morgan fingerprint density at radius 3 is 1.65 bits per heavy atom. The van der Waals surface area contributed by atoms with E-state index in [2.05, 4.69) is 80.3 Å². The van der Waals surface area contributed by atoms with Crippen LogP contribution < -0.4 is 10.6 Å². The first kappa shape index (κ1) is 13.1. The molecule has 2 aromatic rings. The zero-order valence-electron chi connectivity index (χ0n) is 11.8. The van der Waals surface area contributed by atoms with E-state index < -0.39 is 7.92 Å². The third-order valence-corrected chi connectivity index (χ3v) is 5.80. The Kier molecular flexibility index (Phi) is 3.70. The lowest BCUT2D eigenvalue weighted by Crippen LogP contribution is -2.12. The molecule has 20 heavy (non-hydrogen) atoms. The molecule has 0 aliphatic heterocycles.